The van der Waals surface area contributed by atoms with Crippen LogP contribution in [0.15, 0.2) is 41.4 Å². The summed E-state index contributed by atoms with van der Waals surface area (Å²) in [4.78, 5) is 21.2. The molecular formula is C14H13N3OS. The molecule has 0 atom stereocenters. The van der Waals surface area contributed by atoms with Gasteiger partial charge in [-0.15, -0.1) is 0 Å². The monoisotopic (exact) mass is 271 g/mol. The molecule has 1 aromatic carbocycles. The first-order chi connectivity index (χ1) is 9.24. The molecule has 5 heteroatoms. The summed E-state index contributed by atoms with van der Waals surface area (Å²) in [5.74, 6) is 0.0164. The van der Waals surface area contributed by atoms with E-state index >= 15 is 0 Å². The number of thiophene rings is 1. The number of amides is 1. The molecule has 3 rings (SSSR count). The lowest BCUT2D eigenvalue weighted by Gasteiger charge is -2.16. The fraction of sp³-hybridized carbons (Fsp3) is 0.143. The van der Waals surface area contributed by atoms with Crippen LogP contribution >= 0.6 is 11.3 Å². The molecule has 0 fully saturated rings. The topological polar surface area (TPSA) is 49.0 Å². The molecule has 0 radical (unpaired) electrons. The van der Waals surface area contributed by atoms with E-state index in [0.29, 0.717) is 12.1 Å². The van der Waals surface area contributed by atoms with Crippen molar-refractivity contribution in [1.82, 2.24) is 14.9 Å². The normalized spacial score (nSPS) is 10.8. The maximum atomic E-state index is 12.3. The molecule has 0 spiro atoms. The summed E-state index contributed by atoms with van der Waals surface area (Å²) in [5.41, 5.74) is 3.59. The number of rotatable bonds is 3. The van der Waals surface area contributed by atoms with Gasteiger partial charge in [0.05, 0.1) is 17.4 Å². The molecule has 1 amide bonds. The lowest BCUT2D eigenvalue weighted by atomic mass is 10.1. The van der Waals surface area contributed by atoms with Crippen LogP contribution in [0.25, 0.3) is 11.0 Å². The largest absolute Gasteiger partial charge is 0.345 e. The Morgan fingerprint density at radius 2 is 2.32 bits per heavy atom. The van der Waals surface area contributed by atoms with Crippen LogP contribution in [0.5, 0.6) is 0 Å². The highest BCUT2D eigenvalue weighted by Gasteiger charge is 2.13. The maximum Gasteiger partial charge on any atom is 0.253 e. The van der Waals surface area contributed by atoms with Crippen molar-refractivity contribution in [3.63, 3.8) is 0 Å². The highest BCUT2D eigenvalue weighted by Crippen LogP contribution is 2.15. The number of nitrogens with zero attached hydrogens (tertiary/aromatic N) is 2. The average Bonchev–Trinajstić information content (AvgIpc) is 3.07. The highest BCUT2D eigenvalue weighted by molar-refractivity contribution is 7.07. The van der Waals surface area contributed by atoms with Crippen molar-refractivity contribution in [2.45, 2.75) is 6.54 Å². The van der Waals surface area contributed by atoms with Crippen molar-refractivity contribution in [2.75, 3.05) is 7.05 Å². The van der Waals surface area contributed by atoms with Crippen LogP contribution in [-0.4, -0.2) is 27.8 Å². The van der Waals surface area contributed by atoms with Gasteiger partial charge in [0.2, 0.25) is 0 Å². The van der Waals surface area contributed by atoms with Crippen LogP contribution in [0.3, 0.4) is 0 Å². The minimum Gasteiger partial charge on any atom is -0.345 e. The van der Waals surface area contributed by atoms with E-state index < -0.39 is 0 Å². The highest BCUT2D eigenvalue weighted by atomic mass is 32.1. The second-order valence-electron chi connectivity index (χ2n) is 4.43. The molecule has 19 heavy (non-hydrogen) atoms. The average molecular weight is 271 g/mol. The smallest absolute Gasteiger partial charge is 0.253 e. The zero-order chi connectivity index (χ0) is 13.2. The third-order valence-corrected chi connectivity index (χ3v) is 3.75. The molecular weight excluding hydrogens is 258 g/mol. The summed E-state index contributed by atoms with van der Waals surface area (Å²) in [6, 6.07) is 7.55. The molecule has 0 bridgehead atoms. The van der Waals surface area contributed by atoms with Crippen LogP contribution in [0.2, 0.25) is 0 Å². The third-order valence-electron chi connectivity index (χ3n) is 3.01. The van der Waals surface area contributed by atoms with Crippen molar-refractivity contribution in [3.05, 3.63) is 52.5 Å². The Morgan fingerprint density at radius 3 is 3.11 bits per heavy atom. The molecule has 3 aromatic rings. The van der Waals surface area contributed by atoms with Gasteiger partial charge in [-0.25, -0.2) is 4.98 Å². The molecule has 4 nitrogen and oxygen atoms in total. The van der Waals surface area contributed by atoms with Crippen LogP contribution < -0.4 is 0 Å². The van der Waals surface area contributed by atoms with Crippen molar-refractivity contribution >= 4 is 28.3 Å². The number of nitrogens with one attached hydrogen (secondary N) is 1. The van der Waals surface area contributed by atoms with Gasteiger partial charge >= 0.3 is 0 Å². The number of hydrogen-bond donors (Lipinski definition) is 1. The molecule has 0 aliphatic rings. The Hall–Kier alpha value is -2.14. The molecule has 2 heterocycles. The molecule has 0 saturated heterocycles. The number of carbonyl (C=O) groups is 1. The Bertz CT molecular complexity index is 702. The fourth-order valence-electron chi connectivity index (χ4n) is 2.02. The van der Waals surface area contributed by atoms with Crippen LogP contribution in [0.1, 0.15) is 15.9 Å². The van der Waals surface area contributed by atoms with E-state index in [0.717, 1.165) is 16.6 Å². The summed E-state index contributed by atoms with van der Waals surface area (Å²) >= 11 is 1.64. The molecule has 96 valence electrons. The van der Waals surface area contributed by atoms with Crippen molar-refractivity contribution < 1.29 is 4.79 Å². The van der Waals surface area contributed by atoms with Gasteiger partial charge in [-0.2, -0.15) is 11.3 Å². The number of hydrogen-bond acceptors (Lipinski definition) is 3. The van der Waals surface area contributed by atoms with E-state index in [9.17, 15) is 4.79 Å². The lowest BCUT2D eigenvalue weighted by molar-refractivity contribution is 0.0785. The van der Waals surface area contributed by atoms with Gasteiger partial charge in [-0.3, -0.25) is 4.79 Å². The van der Waals surface area contributed by atoms with Crippen molar-refractivity contribution in [2.24, 2.45) is 0 Å². The SMILES string of the molecule is CN(Cc1ccsc1)C(=O)c1ccc2nc[nH]c2c1. The van der Waals surface area contributed by atoms with Gasteiger partial charge in [-0.05, 0) is 40.6 Å². The van der Waals surface area contributed by atoms with Crippen LogP contribution in [0.4, 0.5) is 0 Å². The zero-order valence-corrected chi connectivity index (χ0v) is 11.3. The first kappa shape index (κ1) is 11.9. The number of fused-ring (bicyclic) bond motifs is 1. The summed E-state index contributed by atoms with van der Waals surface area (Å²) in [5, 5.41) is 4.08. The van der Waals surface area contributed by atoms with Gasteiger partial charge in [-0.1, -0.05) is 0 Å². The molecule has 0 saturated carbocycles. The van der Waals surface area contributed by atoms with Crippen LogP contribution in [0, 0.1) is 0 Å². The number of aromatic nitrogens is 2. The number of imidazole rings is 1. The van der Waals surface area contributed by atoms with E-state index in [1.54, 1.807) is 22.6 Å². The Morgan fingerprint density at radius 1 is 1.42 bits per heavy atom. The quantitative estimate of drug-likeness (QED) is 0.796. The second-order valence-corrected chi connectivity index (χ2v) is 5.21. The third kappa shape index (κ3) is 2.37. The van der Waals surface area contributed by atoms with E-state index in [-0.39, 0.29) is 5.91 Å². The van der Waals surface area contributed by atoms with Crippen molar-refractivity contribution in [3.8, 4) is 0 Å². The fourth-order valence-corrected chi connectivity index (χ4v) is 2.68. The first-order valence-electron chi connectivity index (χ1n) is 5.94. The number of aromatic amines is 1. The summed E-state index contributed by atoms with van der Waals surface area (Å²) in [6.45, 7) is 0.628. The Balaban J connectivity index is 1.82. The molecule has 2 aromatic heterocycles. The Kier molecular flexibility index (Phi) is 3.05. The first-order valence-corrected chi connectivity index (χ1v) is 6.88. The lowest BCUT2D eigenvalue weighted by Crippen LogP contribution is -2.25. The van der Waals surface area contributed by atoms with Gasteiger partial charge in [0, 0.05) is 19.2 Å². The predicted octanol–water partition coefficient (Wildman–Crippen LogP) is 2.90. The minimum absolute atomic E-state index is 0.0164. The standard InChI is InChI=1S/C14H13N3OS/c1-17(7-10-4-5-19-8-10)14(18)11-2-3-12-13(6-11)16-9-15-12/h2-6,8-9H,7H2,1H3,(H,15,16). The maximum absolute atomic E-state index is 12.3. The second kappa shape index (κ2) is 4.85. The van der Waals surface area contributed by atoms with Crippen molar-refractivity contribution in [1.29, 1.82) is 0 Å². The Labute approximate surface area is 114 Å². The summed E-state index contributed by atoms with van der Waals surface area (Å²) in [7, 11) is 1.82. The summed E-state index contributed by atoms with van der Waals surface area (Å²) < 4.78 is 0. The van der Waals surface area contributed by atoms with Gasteiger partial charge in [0.15, 0.2) is 0 Å². The summed E-state index contributed by atoms with van der Waals surface area (Å²) in [6.07, 6.45) is 1.63. The number of benzene rings is 1. The van der Waals surface area contributed by atoms with Gasteiger partial charge in [0.1, 0.15) is 0 Å². The number of H-pyrrole nitrogens is 1. The molecule has 0 unspecified atom stereocenters. The van der Waals surface area contributed by atoms with Crippen LogP contribution in [-0.2, 0) is 6.54 Å². The molecule has 1 N–H and O–H groups in total. The minimum atomic E-state index is 0.0164. The zero-order valence-electron chi connectivity index (χ0n) is 10.5. The molecule has 0 aliphatic carbocycles. The van der Waals surface area contributed by atoms with E-state index in [4.69, 9.17) is 0 Å². The number of carbonyl (C=O) groups excluding carboxylic acids is 1. The van der Waals surface area contributed by atoms with E-state index in [1.165, 1.54) is 0 Å². The van der Waals surface area contributed by atoms with Gasteiger partial charge in [0.25, 0.3) is 5.91 Å². The van der Waals surface area contributed by atoms with E-state index in [1.807, 2.05) is 36.7 Å². The molecule has 0 aliphatic heterocycles. The van der Waals surface area contributed by atoms with E-state index in [2.05, 4.69) is 15.3 Å². The predicted molar refractivity (Wildman–Crippen MR) is 76.2 cm³/mol. The van der Waals surface area contributed by atoms with Gasteiger partial charge < -0.3 is 9.88 Å².